The van der Waals surface area contributed by atoms with E-state index in [1.165, 1.54) is 44.2 Å². The minimum absolute atomic E-state index is 1.02. The average Bonchev–Trinajstić information content (AvgIpc) is 3.00. The van der Waals surface area contributed by atoms with Gasteiger partial charge in [0, 0.05) is 17.8 Å². The Labute approximate surface area is 135 Å². The highest BCUT2D eigenvalue weighted by Gasteiger charge is 2.20. The Bertz CT molecular complexity index is 1050. The second-order valence-corrected chi connectivity index (χ2v) is 6.10. The molecule has 4 aromatic rings. The van der Waals surface area contributed by atoms with Gasteiger partial charge in [0.05, 0.1) is 0 Å². The Morgan fingerprint density at radius 2 is 1.57 bits per heavy atom. The van der Waals surface area contributed by atoms with Gasteiger partial charge in [-0.25, -0.2) is 0 Å². The second-order valence-electron chi connectivity index (χ2n) is 6.10. The summed E-state index contributed by atoms with van der Waals surface area (Å²) in [6.45, 7) is 0. The van der Waals surface area contributed by atoms with Crippen molar-refractivity contribution in [3.8, 4) is 22.3 Å². The minimum atomic E-state index is 1.02. The summed E-state index contributed by atoms with van der Waals surface area (Å²) < 4.78 is 0. The maximum Gasteiger partial charge on any atom is 0.0346 e. The van der Waals surface area contributed by atoms with E-state index in [0.29, 0.717) is 0 Å². The van der Waals surface area contributed by atoms with Crippen molar-refractivity contribution in [3.05, 3.63) is 90.3 Å². The Hall–Kier alpha value is -2.93. The largest absolute Gasteiger partial charge is 0.264 e. The lowest BCUT2D eigenvalue weighted by Crippen LogP contribution is -1.88. The van der Waals surface area contributed by atoms with Crippen molar-refractivity contribution in [1.29, 1.82) is 0 Å². The molecule has 23 heavy (non-hydrogen) atoms. The van der Waals surface area contributed by atoms with Gasteiger partial charge in [-0.15, -0.1) is 0 Å². The third-order valence-corrected chi connectivity index (χ3v) is 4.80. The molecule has 0 amide bonds. The summed E-state index contributed by atoms with van der Waals surface area (Å²) in [6.07, 6.45) is 4.81. The summed E-state index contributed by atoms with van der Waals surface area (Å²) in [5.74, 6) is 0. The van der Waals surface area contributed by atoms with E-state index in [4.69, 9.17) is 0 Å². The van der Waals surface area contributed by atoms with Crippen LogP contribution >= 0.6 is 0 Å². The van der Waals surface area contributed by atoms with Crippen molar-refractivity contribution in [2.75, 3.05) is 0 Å². The van der Waals surface area contributed by atoms with E-state index in [1.807, 2.05) is 12.4 Å². The molecule has 0 saturated carbocycles. The standard InChI is InChI=1S/C22H15N/c1-2-5-19-16(4-1)13-22-20(6-3-7-21(19)22)17-9-8-15-10-11-23-14-18(15)12-17/h1-12,14H,13H2. The maximum absolute atomic E-state index is 4.25. The summed E-state index contributed by atoms with van der Waals surface area (Å²) in [6, 6.07) is 24.1. The Kier molecular flexibility index (Phi) is 2.62. The van der Waals surface area contributed by atoms with Crippen molar-refractivity contribution in [2.24, 2.45) is 0 Å². The third kappa shape index (κ3) is 1.90. The number of pyridine rings is 1. The molecule has 0 radical (unpaired) electrons. The van der Waals surface area contributed by atoms with Crippen LogP contribution in [0.5, 0.6) is 0 Å². The summed E-state index contributed by atoms with van der Waals surface area (Å²) in [5.41, 5.74) is 8.24. The fraction of sp³-hybridized carbons (Fsp3) is 0.0455. The molecule has 0 atom stereocenters. The van der Waals surface area contributed by atoms with Gasteiger partial charge in [0.25, 0.3) is 0 Å². The van der Waals surface area contributed by atoms with Crippen LogP contribution in [0.2, 0.25) is 0 Å². The second kappa shape index (κ2) is 4.79. The van der Waals surface area contributed by atoms with Crippen molar-refractivity contribution >= 4 is 10.8 Å². The lowest BCUT2D eigenvalue weighted by atomic mass is 9.94. The van der Waals surface area contributed by atoms with Gasteiger partial charge in [0.2, 0.25) is 0 Å². The number of hydrogen-bond acceptors (Lipinski definition) is 1. The monoisotopic (exact) mass is 293 g/mol. The summed E-state index contributed by atoms with van der Waals surface area (Å²) >= 11 is 0. The summed E-state index contributed by atoms with van der Waals surface area (Å²) in [5, 5.41) is 2.43. The van der Waals surface area contributed by atoms with Gasteiger partial charge in [-0.2, -0.15) is 0 Å². The van der Waals surface area contributed by atoms with E-state index < -0.39 is 0 Å². The molecule has 0 fully saturated rings. The van der Waals surface area contributed by atoms with E-state index >= 15 is 0 Å². The maximum atomic E-state index is 4.25. The molecule has 0 saturated heterocycles. The fourth-order valence-corrected chi connectivity index (χ4v) is 3.68. The summed E-state index contributed by atoms with van der Waals surface area (Å²) in [4.78, 5) is 4.25. The SMILES string of the molecule is c1ccc2c(c1)Cc1c(-c3ccc4ccncc4c3)cccc1-2. The van der Waals surface area contributed by atoms with Crippen LogP contribution in [0.15, 0.2) is 79.1 Å². The van der Waals surface area contributed by atoms with Gasteiger partial charge < -0.3 is 0 Å². The van der Waals surface area contributed by atoms with Crippen LogP contribution in [0.4, 0.5) is 0 Å². The van der Waals surface area contributed by atoms with E-state index in [-0.39, 0.29) is 0 Å². The average molecular weight is 293 g/mol. The predicted molar refractivity (Wildman–Crippen MR) is 95.4 cm³/mol. The third-order valence-electron chi connectivity index (χ3n) is 4.80. The lowest BCUT2D eigenvalue weighted by molar-refractivity contribution is 1.26. The van der Waals surface area contributed by atoms with Gasteiger partial charge in [0.15, 0.2) is 0 Å². The fourth-order valence-electron chi connectivity index (χ4n) is 3.68. The molecule has 3 aromatic carbocycles. The zero-order valence-corrected chi connectivity index (χ0v) is 12.7. The number of fused-ring (bicyclic) bond motifs is 4. The highest BCUT2D eigenvalue weighted by Crippen LogP contribution is 2.41. The first-order chi connectivity index (χ1) is 11.4. The summed E-state index contributed by atoms with van der Waals surface area (Å²) in [7, 11) is 0. The van der Waals surface area contributed by atoms with Crippen LogP contribution in [0.25, 0.3) is 33.0 Å². The molecular weight excluding hydrogens is 278 g/mol. The molecule has 1 heterocycles. The molecule has 5 rings (SSSR count). The van der Waals surface area contributed by atoms with Gasteiger partial charge in [-0.3, -0.25) is 4.98 Å². The normalized spacial score (nSPS) is 12.2. The molecule has 0 bridgehead atoms. The van der Waals surface area contributed by atoms with Crippen LogP contribution in [0.3, 0.4) is 0 Å². The molecule has 1 aromatic heterocycles. The van der Waals surface area contributed by atoms with Crippen molar-refractivity contribution in [1.82, 2.24) is 4.98 Å². The smallest absolute Gasteiger partial charge is 0.0346 e. The first-order valence-electron chi connectivity index (χ1n) is 7.94. The highest BCUT2D eigenvalue weighted by atomic mass is 14.6. The van der Waals surface area contributed by atoms with Gasteiger partial charge in [-0.05, 0) is 57.3 Å². The van der Waals surface area contributed by atoms with E-state index in [2.05, 4.69) is 71.7 Å². The molecule has 1 aliphatic rings. The molecule has 0 spiro atoms. The van der Waals surface area contributed by atoms with Crippen LogP contribution in [-0.2, 0) is 6.42 Å². The Morgan fingerprint density at radius 3 is 2.57 bits per heavy atom. The van der Waals surface area contributed by atoms with E-state index in [9.17, 15) is 0 Å². The van der Waals surface area contributed by atoms with Gasteiger partial charge >= 0.3 is 0 Å². The first-order valence-corrected chi connectivity index (χ1v) is 7.94. The zero-order chi connectivity index (χ0) is 15.2. The Morgan fingerprint density at radius 1 is 0.696 bits per heavy atom. The molecule has 0 N–H and O–H groups in total. The topological polar surface area (TPSA) is 12.9 Å². The molecule has 1 nitrogen and oxygen atoms in total. The number of nitrogens with zero attached hydrogens (tertiary/aromatic N) is 1. The van der Waals surface area contributed by atoms with Crippen molar-refractivity contribution in [3.63, 3.8) is 0 Å². The van der Waals surface area contributed by atoms with Gasteiger partial charge in [0.1, 0.15) is 0 Å². The number of aromatic nitrogens is 1. The van der Waals surface area contributed by atoms with Crippen molar-refractivity contribution in [2.45, 2.75) is 6.42 Å². The van der Waals surface area contributed by atoms with Crippen LogP contribution in [0, 0.1) is 0 Å². The van der Waals surface area contributed by atoms with Crippen LogP contribution in [0.1, 0.15) is 11.1 Å². The number of rotatable bonds is 1. The van der Waals surface area contributed by atoms with E-state index in [0.717, 1.165) is 6.42 Å². The predicted octanol–water partition coefficient (Wildman–Crippen LogP) is 5.47. The Balaban J connectivity index is 1.73. The van der Waals surface area contributed by atoms with Gasteiger partial charge in [-0.1, -0.05) is 54.6 Å². The molecule has 1 heteroatoms. The quantitative estimate of drug-likeness (QED) is 0.399. The first kappa shape index (κ1) is 12.6. The van der Waals surface area contributed by atoms with Crippen LogP contribution < -0.4 is 0 Å². The van der Waals surface area contributed by atoms with Crippen LogP contribution in [-0.4, -0.2) is 4.98 Å². The molecule has 0 unspecified atom stereocenters. The number of hydrogen-bond donors (Lipinski definition) is 0. The molecular formula is C22H15N. The lowest BCUT2D eigenvalue weighted by Gasteiger charge is -2.10. The molecule has 1 aliphatic carbocycles. The van der Waals surface area contributed by atoms with E-state index in [1.54, 1.807) is 0 Å². The minimum Gasteiger partial charge on any atom is -0.264 e. The zero-order valence-electron chi connectivity index (χ0n) is 12.7. The highest BCUT2D eigenvalue weighted by molar-refractivity contribution is 5.90. The molecule has 0 aliphatic heterocycles. The molecule has 108 valence electrons. The van der Waals surface area contributed by atoms with Crippen molar-refractivity contribution < 1.29 is 0 Å². The number of benzene rings is 3.